The van der Waals surface area contributed by atoms with E-state index in [1.54, 1.807) is 12.1 Å². The van der Waals surface area contributed by atoms with Gasteiger partial charge in [0.1, 0.15) is 5.00 Å². The van der Waals surface area contributed by atoms with Crippen molar-refractivity contribution in [2.45, 2.75) is 61.5 Å². The monoisotopic (exact) mass is 528 g/mol. The average Bonchev–Trinajstić information content (AvgIpc) is 3.63. The zero-order valence-corrected chi connectivity index (χ0v) is 21.6. The minimum Gasteiger partial charge on any atom is -0.439 e. The molecular formula is C26H28N2O6S2. The Morgan fingerprint density at radius 3 is 2.56 bits per heavy atom. The highest BCUT2D eigenvalue weighted by atomic mass is 32.2. The van der Waals surface area contributed by atoms with Gasteiger partial charge in [-0.1, -0.05) is 17.7 Å². The molecule has 0 radical (unpaired) electrons. The third-order valence-corrected chi connectivity index (χ3v) is 9.39. The van der Waals surface area contributed by atoms with E-state index < -0.39 is 15.7 Å². The molecule has 10 heteroatoms. The summed E-state index contributed by atoms with van der Waals surface area (Å²) in [6.07, 6.45) is 5.58. The number of benzene rings is 1. The van der Waals surface area contributed by atoms with Crippen molar-refractivity contribution in [1.82, 2.24) is 5.32 Å². The van der Waals surface area contributed by atoms with Crippen LogP contribution >= 0.6 is 11.3 Å². The van der Waals surface area contributed by atoms with Crippen molar-refractivity contribution in [1.29, 1.82) is 0 Å². The second-order valence-electron chi connectivity index (χ2n) is 9.15. The highest BCUT2D eigenvalue weighted by Crippen LogP contribution is 2.38. The maximum atomic E-state index is 13.2. The van der Waals surface area contributed by atoms with Crippen LogP contribution in [0.25, 0.3) is 0 Å². The normalized spacial score (nSPS) is 17.5. The molecule has 0 spiro atoms. The van der Waals surface area contributed by atoms with Crippen LogP contribution in [-0.4, -0.2) is 39.5 Å². The molecule has 1 saturated heterocycles. The van der Waals surface area contributed by atoms with Crippen molar-refractivity contribution in [3.63, 3.8) is 0 Å². The number of hydrogen-bond acceptors (Lipinski definition) is 7. The van der Waals surface area contributed by atoms with Crippen LogP contribution in [0.5, 0.6) is 0 Å². The van der Waals surface area contributed by atoms with Gasteiger partial charge in [-0.05, 0) is 75.3 Å². The molecule has 190 valence electrons. The van der Waals surface area contributed by atoms with Crippen molar-refractivity contribution >= 4 is 38.0 Å². The third-order valence-electron chi connectivity index (χ3n) is 6.54. The standard InChI is InChI=1S/C26H28N2O6S2/c1-16-8-10-18(11-9-16)36(31,32)22-13-12-20(34-22)24(29)28-26-23(19-6-2-3-7-21(19)35-26)25(30)27-15-17-5-4-14-33-17/h8-13,17H,2-7,14-15H2,1H3,(H,27,30)(H,28,29). The molecule has 2 aromatic heterocycles. The average molecular weight is 529 g/mol. The van der Waals surface area contributed by atoms with Gasteiger partial charge in [-0.25, -0.2) is 8.42 Å². The minimum absolute atomic E-state index is 0.0125. The second-order valence-corrected chi connectivity index (χ2v) is 12.1. The molecule has 2 amide bonds. The lowest BCUT2D eigenvalue weighted by molar-refractivity contribution is 0.0858. The summed E-state index contributed by atoms with van der Waals surface area (Å²) < 4.78 is 36.9. The first kappa shape index (κ1) is 24.7. The quantitative estimate of drug-likeness (QED) is 0.466. The van der Waals surface area contributed by atoms with Crippen LogP contribution in [0.4, 0.5) is 5.00 Å². The SMILES string of the molecule is Cc1ccc(S(=O)(=O)c2ccc(C(=O)Nc3sc4c(c3C(=O)NCC3CCCO3)CCCC4)o2)cc1. The number of hydrogen-bond donors (Lipinski definition) is 2. The molecule has 1 aliphatic carbocycles. The number of aryl methyl sites for hydroxylation is 2. The van der Waals surface area contributed by atoms with Crippen LogP contribution in [0.3, 0.4) is 0 Å². The van der Waals surface area contributed by atoms with E-state index in [1.165, 1.54) is 35.6 Å². The van der Waals surface area contributed by atoms with E-state index >= 15 is 0 Å². The number of ether oxygens (including phenoxy) is 1. The lowest BCUT2D eigenvalue weighted by atomic mass is 9.95. The Bertz CT molecular complexity index is 1380. The molecule has 3 heterocycles. The fourth-order valence-electron chi connectivity index (χ4n) is 4.58. The van der Waals surface area contributed by atoms with E-state index in [4.69, 9.17) is 9.15 Å². The molecule has 2 aliphatic rings. The van der Waals surface area contributed by atoms with Gasteiger partial charge in [0.05, 0.1) is 16.6 Å². The molecule has 1 atom stereocenters. The Hall–Kier alpha value is -2.95. The second kappa shape index (κ2) is 10.2. The minimum atomic E-state index is -3.90. The van der Waals surface area contributed by atoms with E-state index in [0.29, 0.717) is 23.7 Å². The van der Waals surface area contributed by atoms with Crippen molar-refractivity contribution in [3.05, 3.63) is 63.7 Å². The summed E-state index contributed by atoms with van der Waals surface area (Å²) in [4.78, 5) is 27.4. The van der Waals surface area contributed by atoms with Crippen molar-refractivity contribution in [2.75, 3.05) is 18.5 Å². The lowest BCUT2D eigenvalue weighted by Gasteiger charge is -2.15. The number of amides is 2. The number of sulfone groups is 1. The number of rotatable bonds is 7. The third kappa shape index (κ3) is 4.98. The first-order valence-electron chi connectivity index (χ1n) is 12.1. The molecule has 2 N–H and O–H groups in total. The zero-order chi connectivity index (χ0) is 25.3. The Morgan fingerprint density at radius 1 is 1.03 bits per heavy atom. The number of fused-ring (bicyclic) bond motifs is 1. The predicted molar refractivity (Wildman–Crippen MR) is 136 cm³/mol. The Morgan fingerprint density at radius 2 is 1.81 bits per heavy atom. The fraction of sp³-hybridized carbons (Fsp3) is 0.385. The molecule has 8 nitrogen and oxygen atoms in total. The molecule has 1 fully saturated rings. The van der Waals surface area contributed by atoms with Gasteiger partial charge in [-0.3, -0.25) is 9.59 Å². The van der Waals surface area contributed by atoms with Gasteiger partial charge >= 0.3 is 0 Å². The van der Waals surface area contributed by atoms with Crippen molar-refractivity contribution < 1.29 is 27.2 Å². The molecule has 1 aromatic carbocycles. The number of nitrogens with one attached hydrogen (secondary N) is 2. The van der Waals surface area contributed by atoms with Crippen LogP contribution in [0.2, 0.25) is 0 Å². The van der Waals surface area contributed by atoms with E-state index in [0.717, 1.165) is 54.5 Å². The van der Waals surface area contributed by atoms with Crippen LogP contribution in [0.1, 0.15) is 62.6 Å². The molecule has 36 heavy (non-hydrogen) atoms. The summed E-state index contributed by atoms with van der Waals surface area (Å²) in [6, 6.07) is 9.02. The topological polar surface area (TPSA) is 115 Å². The van der Waals surface area contributed by atoms with Crippen LogP contribution in [0, 0.1) is 6.92 Å². The van der Waals surface area contributed by atoms with Gasteiger partial charge in [0.2, 0.25) is 14.9 Å². The largest absolute Gasteiger partial charge is 0.439 e. The Kier molecular flexibility index (Phi) is 7.00. The smallest absolute Gasteiger partial charge is 0.292 e. The van der Waals surface area contributed by atoms with Crippen molar-refractivity contribution in [3.8, 4) is 0 Å². The summed E-state index contributed by atoms with van der Waals surface area (Å²) in [5.41, 5.74) is 2.40. The first-order chi connectivity index (χ1) is 17.3. The number of thiophene rings is 1. The molecule has 3 aromatic rings. The summed E-state index contributed by atoms with van der Waals surface area (Å²) in [6.45, 7) is 3.00. The van der Waals surface area contributed by atoms with Gasteiger partial charge in [-0.15, -0.1) is 11.3 Å². The van der Waals surface area contributed by atoms with E-state index in [1.807, 2.05) is 6.92 Å². The van der Waals surface area contributed by atoms with Crippen LogP contribution in [-0.2, 0) is 27.4 Å². The summed E-state index contributed by atoms with van der Waals surface area (Å²) >= 11 is 1.40. The van der Waals surface area contributed by atoms with Gasteiger partial charge in [-0.2, -0.15) is 0 Å². The Balaban J connectivity index is 1.36. The number of carbonyl (C=O) groups excluding carboxylic acids is 2. The Labute approximate surface area is 214 Å². The summed E-state index contributed by atoms with van der Waals surface area (Å²) in [7, 11) is -3.90. The summed E-state index contributed by atoms with van der Waals surface area (Å²) in [5, 5.41) is 5.92. The van der Waals surface area contributed by atoms with Gasteiger partial charge < -0.3 is 19.8 Å². The fourth-order valence-corrected chi connectivity index (χ4v) is 7.03. The van der Waals surface area contributed by atoms with Gasteiger partial charge in [0.15, 0.2) is 5.76 Å². The number of anilines is 1. The maximum Gasteiger partial charge on any atom is 0.292 e. The van der Waals surface area contributed by atoms with E-state index in [-0.39, 0.29) is 27.8 Å². The molecule has 0 bridgehead atoms. The van der Waals surface area contributed by atoms with Crippen LogP contribution in [0.15, 0.2) is 50.8 Å². The van der Waals surface area contributed by atoms with E-state index in [9.17, 15) is 18.0 Å². The lowest BCUT2D eigenvalue weighted by Crippen LogP contribution is -2.32. The zero-order valence-electron chi connectivity index (χ0n) is 20.0. The van der Waals surface area contributed by atoms with E-state index in [2.05, 4.69) is 10.6 Å². The molecule has 1 aliphatic heterocycles. The van der Waals surface area contributed by atoms with Gasteiger partial charge in [0, 0.05) is 18.0 Å². The molecule has 5 rings (SSSR count). The molecular weight excluding hydrogens is 500 g/mol. The number of furan rings is 1. The highest BCUT2D eigenvalue weighted by Gasteiger charge is 2.29. The predicted octanol–water partition coefficient (Wildman–Crippen LogP) is 4.52. The number of carbonyl (C=O) groups is 2. The maximum absolute atomic E-state index is 13.2. The highest BCUT2D eigenvalue weighted by molar-refractivity contribution is 7.91. The van der Waals surface area contributed by atoms with Crippen molar-refractivity contribution in [2.24, 2.45) is 0 Å². The summed E-state index contributed by atoms with van der Waals surface area (Å²) in [5.74, 6) is -0.979. The first-order valence-corrected chi connectivity index (χ1v) is 14.4. The van der Waals surface area contributed by atoms with Crippen LogP contribution < -0.4 is 10.6 Å². The molecule has 0 saturated carbocycles. The molecule has 1 unspecified atom stereocenters. The van der Waals surface area contributed by atoms with Gasteiger partial charge in [0.25, 0.3) is 11.8 Å².